The van der Waals surface area contributed by atoms with Crippen molar-refractivity contribution in [2.45, 2.75) is 25.4 Å². The SMILES string of the molecule is CCNc1nc(-c2ccc(Br)cc2C)nc2c1CSC2. The zero-order valence-electron chi connectivity index (χ0n) is 11.5. The number of hydrogen-bond acceptors (Lipinski definition) is 4. The number of aryl methyl sites for hydroxylation is 1. The number of benzene rings is 1. The second-order valence-corrected chi connectivity index (χ2v) is 6.70. The maximum Gasteiger partial charge on any atom is 0.162 e. The lowest BCUT2D eigenvalue weighted by Gasteiger charge is -2.12. The van der Waals surface area contributed by atoms with Crippen LogP contribution in [0.1, 0.15) is 23.7 Å². The van der Waals surface area contributed by atoms with Gasteiger partial charge in [-0.1, -0.05) is 15.9 Å². The van der Waals surface area contributed by atoms with Crippen molar-refractivity contribution in [3.8, 4) is 11.4 Å². The lowest BCUT2D eigenvalue weighted by molar-refractivity contribution is 1.05. The van der Waals surface area contributed by atoms with Crippen LogP contribution in [0.2, 0.25) is 0 Å². The molecule has 0 saturated carbocycles. The highest BCUT2D eigenvalue weighted by Gasteiger charge is 2.20. The highest BCUT2D eigenvalue weighted by molar-refractivity contribution is 9.10. The molecule has 1 aliphatic heterocycles. The Morgan fingerprint density at radius 1 is 1.30 bits per heavy atom. The Balaban J connectivity index is 2.12. The van der Waals surface area contributed by atoms with Crippen molar-refractivity contribution in [2.24, 2.45) is 0 Å². The molecule has 0 spiro atoms. The van der Waals surface area contributed by atoms with Crippen LogP contribution in [0, 0.1) is 6.92 Å². The summed E-state index contributed by atoms with van der Waals surface area (Å²) in [4.78, 5) is 9.51. The minimum absolute atomic E-state index is 0.826. The fourth-order valence-electron chi connectivity index (χ4n) is 2.36. The number of halogens is 1. The van der Waals surface area contributed by atoms with Gasteiger partial charge in [-0.15, -0.1) is 0 Å². The smallest absolute Gasteiger partial charge is 0.162 e. The molecule has 104 valence electrons. The zero-order chi connectivity index (χ0) is 14.1. The van der Waals surface area contributed by atoms with Gasteiger partial charge in [-0.3, -0.25) is 0 Å². The number of nitrogens with zero attached hydrogens (tertiary/aromatic N) is 2. The van der Waals surface area contributed by atoms with Gasteiger partial charge in [0.2, 0.25) is 0 Å². The molecule has 3 rings (SSSR count). The third-order valence-electron chi connectivity index (χ3n) is 3.35. The number of fused-ring (bicyclic) bond motifs is 1. The maximum atomic E-state index is 4.77. The van der Waals surface area contributed by atoms with Crippen LogP contribution in [0.25, 0.3) is 11.4 Å². The van der Waals surface area contributed by atoms with E-state index in [1.807, 2.05) is 17.8 Å². The zero-order valence-corrected chi connectivity index (χ0v) is 13.9. The van der Waals surface area contributed by atoms with Gasteiger partial charge in [0.15, 0.2) is 5.82 Å². The Hall–Kier alpha value is -1.07. The van der Waals surface area contributed by atoms with E-state index in [2.05, 4.69) is 47.2 Å². The van der Waals surface area contributed by atoms with E-state index < -0.39 is 0 Å². The van der Waals surface area contributed by atoms with E-state index in [4.69, 9.17) is 9.97 Å². The lowest BCUT2D eigenvalue weighted by atomic mass is 10.1. The van der Waals surface area contributed by atoms with Gasteiger partial charge in [-0.25, -0.2) is 9.97 Å². The molecule has 0 radical (unpaired) electrons. The minimum atomic E-state index is 0.826. The summed E-state index contributed by atoms with van der Waals surface area (Å²) in [5.41, 5.74) is 4.74. The number of thioether (sulfide) groups is 1. The van der Waals surface area contributed by atoms with Crippen LogP contribution in [0.5, 0.6) is 0 Å². The molecule has 0 aliphatic carbocycles. The van der Waals surface area contributed by atoms with Gasteiger partial charge in [-0.05, 0) is 37.6 Å². The third kappa shape index (κ3) is 2.56. The molecule has 2 aromatic rings. The van der Waals surface area contributed by atoms with Crippen LogP contribution in [0.3, 0.4) is 0 Å². The predicted octanol–water partition coefficient (Wildman–Crippen LogP) is 4.39. The summed E-state index contributed by atoms with van der Waals surface area (Å²) in [6.07, 6.45) is 0. The average Bonchev–Trinajstić information content (AvgIpc) is 2.87. The summed E-state index contributed by atoms with van der Waals surface area (Å²) in [6, 6.07) is 6.23. The van der Waals surface area contributed by atoms with Gasteiger partial charge in [-0.2, -0.15) is 11.8 Å². The molecular formula is C15H16BrN3S. The quantitative estimate of drug-likeness (QED) is 0.891. The minimum Gasteiger partial charge on any atom is -0.370 e. The number of hydrogen-bond donors (Lipinski definition) is 1. The summed E-state index contributed by atoms with van der Waals surface area (Å²) in [6.45, 7) is 5.08. The first kappa shape index (κ1) is 13.9. The Morgan fingerprint density at radius 3 is 2.90 bits per heavy atom. The van der Waals surface area contributed by atoms with Gasteiger partial charge in [0.1, 0.15) is 5.82 Å². The molecule has 0 amide bonds. The van der Waals surface area contributed by atoms with Crippen LogP contribution < -0.4 is 5.32 Å². The number of nitrogens with one attached hydrogen (secondary N) is 1. The fraction of sp³-hybridized carbons (Fsp3) is 0.333. The monoisotopic (exact) mass is 349 g/mol. The Kier molecular flexibility index (Phi) is 3.98. The number of aromatic nitrogens is 2. The third-order valence-corrected chi connectivity index (χ3v) is 4.82. The molecule has 2 heterocycles. The molecule has 1 aliphatic rings. The first-order valence-electron chi connectivity index (χ1n) is 6.67. The maximum absolute atomic E-state index is 4.77. The summed E-state index contributed by atoms with van der Waals surface area (Å²) in [7, 11) is 0. The molecule has 5 heteroatoms. The van der Waals surface area contributed by atoms with E-state index >= 15 is 0 Å². The van der Waals surface area contributed by atoms with E-state index in [-0.39, 0.29) is 0 Å². The van der Waals surface area contributed by atoms with Crippen molar-refractivity contribution in [3.05, 3.63) is 39.5 Å². The van der Waals surface area contributed by atoms with E-state index in [0.717, 1.165) is 39.7 Å². The van der Waals surface area contributed by atoms with Crippen molar-refractivity contribution in [3.63, 3.8) is 0 Å². The summed E-state index contributed by atoms with van der Waals surface area (Å²) in [5, 5.41) is 3.38. The average molecular weight is 350 g/mol. The van der Waals surface area contributed by atoms with Gasteiger partial charge in [0.25, 0.3) is 0 Å². The predicted molar refractivity (Wildman–Crippen MR) is 89.1 cm³/mol. The molecule has 0 fully saturated rings. The number of anilines is 1. The Bertz CT molecular complexity index is 658. The van der Waals surface area contributed by atoms with E-state index in [0.29, 0.717) is 0 Å². The van der Waals surface area contributed by atoms with Crippen molar-refractivity contribution < 1.29 is 0 Å². The summed E-state index contributed by atoms with van der Waals surface area (Å²) >= 11 is 5.40. The second kappa shape index (κ2) is 5.74. The van der Waals surface area contributed by atoms with Crippen LogP contribution in [-0.2, 0) is 11.5 Å². The highest BCUT2D eigenvalue weighted by Crippen LogP contribution is 2.35. The van der Waals surface area contributed by atoms with E-state index in [1.54, 1.807) is 0 Å². The van der Waals surface area contributed by atoms with Gasteiger partial charge in [0, 0.05) is 33.7 Å². The molecule has 0 saturated heterocycles. The van der Waals surface area contributed by atoms with Crippen LogP contribution in [0.4, 0.5) is 5.82 Å². The van der Waals surface area contributed by atoms with Gasteiger partial charge in [0.05, 0.1) is 5.69 Å². The van der Waals surface area contributed by atoms with Crippen molar-refractivity contribution in [1.29, 1.82) is 0 Å². The van der Waals surface area contributed by atoms with Crippen LogP contribution in [-0.4, -0.2) is 16.5 Å². The highest BCUT2D eigenvalue weighted by atomic mass is 79.9. The molecule has 20 heavy (non-hydrogen) atoms. The molecule has 1 aromatic heterocycles. The first-order valence-corrected chi connectivity index (χ1v) is 8.61. The van der Waals surface area contributed by atoms with Crippen molar-refractivity contribution in [1.82, 2.24) is 9.97 Å². The molecule has 1 aromatic carbocycles. The molecular weight excluding hydrogens is 334 g/mol. The Labute approximate surface area is 131 Å². The molecule has 3 nitrogen and oxygen atoms in total. The standard InChI is InChI=1S/C15H16BrN3S/c1-3-17-14-12-7-20-8-13(12)18-15(19-14)11-5-4-10(16)6-9(11)2/h4-6H,3,7-8H2,1-2H3,(H,17,18,19). The van der Waals surface area contributed by atoms with Crippen LogP contribution >= 0.6 is 27.7 Å². The largest absolute Gasteiger partial charge is 0.370 e. The topological polar surface area (TPSA) is 37.8 Å². The summed E-state index contributed by atoms with van der Waals surface area (Å²) < 4.78 is 1.09. The molecule has 0 unspecified atom stereocenters. The molecule has 0 atom stereocenters. The summed E-state index contributed by atoms with van der Waals surface area (Å²) in [5.74, 6) is 3.82. The van der Waals surface area contributed by atoms with Gasteiger partial charge < -0.3 is 5.32 Å². The fourth-order valence-corrected chi connectivity index (χ4v) is 3.88. The Morgan fingerprint density at radius 2 is 2.15 bits per heavy atom. The van der Waals surface area contributed by atoms with Gasteiger partial charge >= 0.3 is 0 Å². The lowest BCUT2D eigenvalue weighted by Crippen LogP contribution is -2.07. The number of rotatable bonds is 3. The molecule has 1 N–H and O–H groups in total. The van der Waals surface area contributed by atoms with Crippen LogP contribution in [0.15, 0.2) is 22.7 Å². The van der Waals surface area contributed by atoms with E-state index in [1.165, 1.54) is 16.8 Å². The molecule has 0 bridgehead atoms. The van der Waals surface area contributed by atoms with E-state index in [9.17, 15) is 0 Å². The second-order valence-electron chi connectivity index (χ2n) is 4.80. The normalized spacial score (nSPS) is 13.3. The first-order chi connectivity index (χ1) is 9.69. The van der Waals surface area contributed by atoms with Crippen molar-refractivity contribution in [2.75, 3.05) is 11.9 Å². The van der Waals surface area contributed by atoms with Crippen molar-refractivity contribution >= 4 is 33.5 Å².